The molecular formula is C12H21NO2. The Hall–Kier alpha value is -0.800. The highest BCUT2D eigenvalue weighted by atomic mass is 16.3. The number of rotatable bonds is 6. The van der Waals surface area contributed by atoms with Crippen LogP contribution >= 0.6 is 0 Å². The van der Waals surface area contributed by atoms with E-state index in [1.165, 1.54) is 0 Å². The van der Waals surface area contributed by atoms with Crippen LogP contribution in [0.4, 0.5) is 0 Å². The summed E-state index contributed by atoms with van der Waals surface area (Å²) in [6, 6.07) is 4.13. The minimum atomic E-state index is 0.139. The van der Waals surface area contributed by atoms with Crippen LogP contribution in [-0.2, 0) is 13.0 Å². The summed E-state index contributed by atoms with van der Waals surface area (Å²) < 4.78 is 5.56. The molecule has 0 aliphatic carbocycles. The molecule has 0 radical (unpaired) electrons. The van der Waals surface area contributed by atoms with Gasteiger partial charge in [0.05, 0.1) is 13.2 Å². The highest BCUT2D eigenvalue weighted by Gasteiger charge is 2.11. The number of nitrogens with one attached hydrogen (secondary N) is 1. The maximum absolute atomic E-state index is 9.13. The van der Waals surface area contributed by atoms with E-state index in [1.807, 2.05) is 12.1 Å². The fraction of sp³-hybridized carbons (Fsp3) is 0.667. The average Bonchev–Trinajstić information content (AvgIpc) is 2.66. The highest BCUT2D eigenvalue weighted by molar-refractivity contribution is 5.06. The smallest absolute Gasteiger partial charge is 0.117 e. The van der Waals surface area contributed by atoms with E-state index in [4.69, 9.17) is 9.52 Å². The minimum Gasteiger partial charge on any atom is -0.465 e. The van der Waals surface area contributed by atoms with Gasteiger partial charge >= 0.3 is 0 Å². The van der Waals surface area contributed by atoms with Crippen molar-refractivity contribution in [3.63, 3.8) is 0 Å². The zero-order valence-electron chi connectivity index (χ0n) is 9.79. The van der Waals surface area contributed by atoms with Crippen molar-refractivity contribution in [2.45, 2.75) is 39.8 Å². The van der Waals surface area contributed by atoms with Crippen LogP contribution in [-0.4, -0.2) is 17.8 Å². The average molecular weight is 211 g/mol. The Kier molecular flexibility index (Phi) is 4.85. The first kappa shape index (κ1) is 12.3. The first-order valence-electron chi connectivity index (χ1n) is 5.59. The predicted molar refractivity (Wildman–Crippen MR) is 60.6 cm³/mol. The van der Waals surface area contributed by atoms with Gasteiger partial charge in [-0.2, -0.15) is 0 Å². The molecule has 0 saturated heterocycles. The molecule has 3 nitrogen and oxygen atoms in total. The molecule has 0 aliphatic heterocycles. The summed E-state index contributed by atoms with van der Waals surface area (Å²) in [6.45, 7) is 7.10. The van der Waals surface area contributed by atoms with Crippen LogP contribution in [0.2, 0.25) is 0 Å². The predicted octanol–water partition coefficient (Wildman–Crippen LogP) is 1.95. The molecule has 3 heteroatoms. The van der Waals surface area contributed by atoms with Gasteiger partial charge in [-0.3, -0.25) is 0 Å². The van der Waals surface area contributed by atoms with Gasteiger partial charge in [-0.1, -0.05) is 20.8 Å². The summed E-state index contributed by atoms with van der Waals surface area (Å²) in [5.74, 6) is 2.37. The second-order valence-electron chi connectivity index (χ2n) is 4.14. The number of aliphatic hydroxyl groups is 1. The van der Waals surface area contributed by atoms with Crippen molar-refractivity contribution >= 4 is 0 Å². The highest BCUT2D eigenvalue weighted by Crippen LogP contribution is 2.09. The van der Waals surface area contributed by atoms with Crippen LogP contribution in [0.25, 0.3) is 0 Å². The Labute approximate surface area is 91.5 Å². The largest absolute Gasteiger partial charge is 0.465 e. The molecule has 86 valence electrons. The van der Waals surface area contributed by atoms with Crippen molar-refractivity contribution in [2.75, 3.05) is 6.61 Å². The van der Waals surface area contributed by atoms with E-state index in [9.17, 15) is 0 Å². The quantitative estimate of drug-likeness (QED) is 0.756. The fourth-order valence-electron chi connectivity index (χ4n) is 1.45. The molecule has 0 aliphatic rings. The standard InChI is InChI=1S/C12H21NO2/c1-4-10-5-6-11(15-10)7-13-12(8-14)9(2)3/h5-6,9,12-14H,4,7-8H2,1-3H3. The summed E-state index contributed by atoms with van der Waals surface area (Å²) in [5, 5.41) is 12.4. The lowest BCUT2D eigenvalue weighted by Gasteiger charge is -2.19. The lowest BCUT2D eigenvalue weighted by Crippen LogP contribution is -2.36. The molecular weight excluding hydrogens is 190 g/mol. The lowest BCUT2D eigenvalue weighted by atomic mass is 10.1. The Balaban J connectivity index is 2.41. The van der Waals surface area contributed by atoms with Crippen molar-refractivity contribution in [3.05, 3.63) is 23.7 Å². The van der Waals surface area contributed by atoms with E-state index < -0.39 is 0 Å². The van der Waals surface area contributed by atoms with Crippen molar-refractivity contribution in [3.8, 4) is 0 Å². The molecule has 0 amide bonds. The summed E-state index contributed by atoms with van der Waals surface area (Å²) in [4.78, 5) is 0. The van der Waals surface area contributed by atoms with Gasteiger partial charge in [-0.25, -0.2) is 0 Å². The minimum absolute atomic E-state index is 0.139. The van der Waals surface area contributed by atoms with Crippen molar-refractivity contribution in [2.24, 2.45) is 5.92 Å². The van der Waals surface area contributed by atoms with Gasteiger partial charge in [0.15, 0.2) is 0 Å². The molecule has 0 spiro atoms. The Morgan fingerprint density at radius 3 is 2.47 bits per heavy atom. The second-order valence-corrected chi connectivity index (χ2v) is 4.14. The molecule has 15 heavy (non-hydrogen) atoms. The van der Waals surface area contributed by atoms with Gasteiger partial charge in [0.2, 0.25) is 0 Å². The molecule has 0 fully saturated rings. The maximum atomic E-state index is 9.13. The van der Waals surface area contributed by atoms with Gasteiger partial charge in [0.25, 0.3) is 0 Å². The van der Waals surface area contributed by atoms with E-state index >= 15 is 0 Å². The summed E-state index contributed by atoms with van der Waals surface area (Å²) in [5.41, 5.74) is 0. The van der Waals surface area contributed by atoms with E-state index in [1.54, 1.807) is 0 Å². The van der Waals surface area contributed by atoms with Crippen LogP contribution in [0.15, 0.2) is 16.5 Å². The van der Waals surface area contributed by atoms with E-state index in [0.717, 1.165) is 17.9 Å². The first-order valence-corrected chi connectivity index (χ1v) is 5.59. The van der Waals surface area contributed by atoms with E-state index in [0.29, 0.717) is 12.5 Å². The van der Waals surface area contributed by atoms with Crippen LogP contribution in [0.1, 0.15) is 32.3 Å². The van der Waals surface area contributed by atoms with E-state index in [-0.39, 0.29) is 12.6 Å². The van der Waals surface area contributed by atoms with Gasteiger partial charge in [0, 0.05) is 12.5 Å². The van der Waals surface area contributed by atoms with Gasteiger partial charge < -0.3 is 14.8 Å². The molecule has 2 N–H and O–H groups in total. The van der Waals surface area contributed by atoms with Gasteiger partial charge in [-0.05, 0) is 18.1 Å². The van der Waals surface area contributed by atoms with Crippen molar-refractivity contribution in [1.82, 2.24) is 5.32 Å². The topological polar surface area (TPSA) is 45.4 Å². The maximum Gasteiger partial charge on any atom is 0.117 e. The third-order valence-electron chi connectivity index (χ3n) is 2.61. The Bertz CT molecular complexity index is 281. The number of hydrogen-bond donors (Lipinski definition) is 2. The van der Waals surface area contributed by atoms with Crippen LogP contribution < -0.4 is 5.32 Å². The zero-order valence-corrected chi connectivity index (χ0v) is 9.79. The summed E-state index contributed by atoms with van der Waals surface area (Å²) in [6.07, 6.45) is 0.924. The Morgan fingerprint density at radius 1 is 1.33 bits per heavy atom. The Morgan fingerprint density at radius 2 is 2.00 bits per heavy atom. The third kappa shape index (κ3) is 3.68. The first-order chi connectivity index (χ1) is 7.17. The van der Waals surface area contributed by atoms with Crippen LogP contribution in [0.3, 0.4) is 0 Å². The van der Waals surface area contributed by atoms with Gasteiger partial charge in [-0.15, -0.1) is 0 Å². The fourth-order valence-corrected chi connectivity index (χ4v) is 1.45. The van der Waals surface area contributed by atoms with E-state index in [2.05, 4.69) is 26.1 Å². The molecule has 0 bridgehead atoms. The second kappa shape index (κ2) is 5.93. The molecule has 1 rings (SSSR count). The van der Waals surface area contributed by atoms with Crippen LogP contribution in [0.5, 0.6) is 0 Å². The zero-order chi connectivity index (χ0) is 11.3. The molecule has 0 saturated carbocycles. The number of aryl methyl sites for hydroxylation is 1. The number of furan rings is 1. The number of hydrogen-bond acceptors (Lipinski definition) is 3. The molecule has 1 heterocycles. The normalized spacial score (nSPS) is 13.4. The third-order valence-corrected chi connectivity index (χ3v) is 2.61. The lowest BCUT2D eigenvalue weighted by molar-refractivity contribution is 0.207. The van der Waals surface area contributed by atoms with Crippen LogP contribution in [0, 0.1) is 5.92 Å². The van der Waals surface area contributed by atoms with Gasteiger partial charge in [0.1, 0.15) is 11.5 Å². The molecule has 1 unspecified atom stereocenters. The molecule has 0 aromatic carbocycles. The van der Waals surface area contributed by atoms with Crippen molar-refractivity contribution in [1.29, 1.82) is 0 Å². The molecule has 1 aromatic heterocycles. The summed E-state index contributed by atoms with van der Waals surface area (Å²) in [7, 11) is 0. The molecule has 1 atom stereocenters. The summed E-state index contributed by atoms with van der Waals surface area (Å²) >= 11 is 0. The monoisotopic (exact) mass is 211 g/mol. The molecule has 1 aromatic rings. The van der Waals surface area contributed by atoms with Crippen molar-refractivity contribution < 1.29 is 9.52 Å². The SMILES string of the molecule is CCc1ccc(CNC(CO)C(C)C)o1. The number of aliphatic hydroxyl groups excluding tert-OH is 1.